The Morgan fingerprint density at radius 3 is 2.78 bits per heavy atom. The average molecular weight is 596 g/mol. The number of nitrogens with zero attached hydrogens (tertiary/aromatic N) is 3. The summed E-state index contributed by atoms with van der Waals surface area (Å²) in [6.45, 7) is 2.70. The molecule has 4 aromatic rings. The Kier molecular flexibility index (Phi) is 8.08. The molecule has 2 N–H and O–H groups in total. The van der Waals surface area contributed by atoms with Crippen LogP contribution in [0.5, 0.6) is 0 Å². The van der Waals surface area contributed by atoms with Crippen molar-refractivity contribution in [3.05, 3.63) is 52.0 Å². The summed E-state index contributed by atoms with van der Waals surface area (Å²) in [5, 5.41) is 10.2. The van der Waals surface area contributed by atoms with Gasteiger partial charge in [0, 0.05) is 29.7 Å². The van der Waals surface area contributed by atoms with E-state index < -0.39 is 30.5 Å². The molecule has 0 spiro atoms. The van der Waals surface area contributed by atoms with Crippen molar-refractivity contribution in [1.82, 2.24) is 20.0 Å². The highest BCUT2D eigenvalue weighted by atomic mass is 32.1. The molecule has 1 amide bonds. The topological polar surface area (TPSA) is 103 Å². The fourth-order valence-electron chi connectivity index (χ4n) is 4.57. The molecule has 9 nitrogen and oxygen atoms in total. The van der Waals surface area contributed by atoms with Crippen molar-refractivity contribution in [1.29, 1.82) is 0 Å². The summed E-state index contributed by atoms with van der Waals surface area (Å²) in [7, 11) is 1.59. The third-order valence-corrected chi connectivity index (χ3v) is 8.33. The fraction of sp³-hybridized carbons (Fsp3) is 0.444. The first-order valence-corrected chi connectivity index (χ1v) is 13.7. The third-order valence-electron chi connectivity index (χ3n) is 6.94. The number of ether oxygens (including phenoxy) is 2. The van der Waals surface area contributed by atoms with Crippen molar-refractivity contribution in [2.24, 2.45) is 0 Å². The van der Waals surface area contributed by atoms with Crippen LogP contribution in [0.15, 0.2) is 40.9 Å². The molecular weight excluding hydrogens is 566 g/mol. The predicted molar refractivity (Wildman–Crippen MR) is 145 cm³/mol. The lowest BCUT2D eigenvalue weighted by Gasteiger charge is -2.28. The molecule has 0 unspecified atom stereocenters. The van der Waals surface area contributed by atoms with E-state index in [-0.39, 0.29) is 42.0 Å². The van der Waals surface area contributed by atoms with Crippen molar-refractivity contribution in [3.63, 3.8) is 0 Å². The summed E-state index contributed by atoms with van der Waals surface area (Å²) in [6.07, 6.45) is -5.37. The zero-order valence-corrected chi connectivity index (χ0v) is 23.4. The largest absolute Gasteiger partial charge is 0.406 e. The SMILES string of the molecule is COC(C)(C)c1ccc(C(=O)NCc2nc(-c3cc4c(N[C@@H]5CCOC[C@@H]5F)cccc4n3CC(F)(F)F)no2)s1. The van der Waals surface area contributed by atoms with E-state index in [4.69, 9.17) is 14.0 Å². The van der Waals surface area contributed by atoms with Crippen LogP contribution in [0.1, 0.15) is 40.7 Å². The molecule has 1 fully saturated rings. The number of amides is 1. The lowest BCUT2D eigenvalue weighted by atomic mass is 10.1. The Balaban J connectivity index is 1.39. The summed E-state index contributed by atoms with van der Waals surface area (Å²) < 4.78 is 72.2. The van der Waals surface area contributed by atoms with Gasteiger partial charge in [0.15, 0.2) is 0 Å². The Bertz CT molecular complexity index is 1530. The summed E-state index contributed by atoms with van der Waals surface area (Å²) in [5.41, 5.74) is 0.285. The van der Waals surface area contributed by atoms with Gasteiger partial charge in [0.05, 0.1) is 40.9 Å². The third kappa shape index (κ3) is 6.39. The first-order valence-electron chi connectivity index (χ1n) is 12.9. The van der Waals surface area contributed by atoms with Gasteiger partial charge in [0.25, 0.3) is 5.91 Å². The molecule has 1 aliphatic heterocycles. The molecule has 220 valence electrons. The molecule has 3 aromatic heterocycles. The van der Waals surface area contributed by atoms with Gasteiger partial charge in [-0.3, -0.25) is 4.79 Å². The minimum Gasteiger partial charge on any atom is -0.379 e. The predicted octanol–water partition coefficient (Wildman–Crippen LogP) is 5.67. The van der Waals surface area contributed by atoms with Gasteiger partial charge in [0.2, 0.25) is 11.7 Å². The number of hydrogen-bond acceptors (Lipinski definition) is 8. The number of carbonyl (C=O) groups excluding carboxylic acids is 1. The number of methoxy groups -OCH3 is 1. The van der Waals surface area contributed by atoms with Crippen LogP contribution in [0.25, 0.3) is 22.4 Å². The van der Waals surface area contributed by atoms with Gasteiger partial charge in [-0.1, -0.05) is 11.2 Å². The number of alkyl halides is 4. The normalized spacial score (nSPS) is 18.1. The first-order chi connectivity index (χ1) is 19.4. The molecule has 0 saturated carbocycles. The fourth-order valence-corrected chi connectivity index (χ4v) is 5.57. The number of nitrogens with one attached hydrogen (secondary N) is 2. The van der Waals surface area contributed by atoms with Crippen LogP contribution >= 0.6 is 11.3 Å². The van der Waals surface area contributed by atoms with Gasteiger partial charge in [-0.2, -0.15) is 18.2 Å². The quantitative estimate of drug-likeness (QED) is 0.241. The molecule has 1 saturated heterocycles. The highest BCUT2D eigenvalue weighted by Gasteiger charge is 2.32. The van der Waals surface area contributed by atoms with Crippen LogP contribution < -0.4 is 10.6 Å². The van der Waals surface area contributed by atoms with Crippen LogP contribution in [-0.4, -0.2) is 59.3 Å². The number of thiophene rings is 1. The lowest BCUT2D eigenvalue weighted by Crippen LogP contribution is -2.39. The molecule has 1 aliphatic rings. The zero-order chi connectivity index (χ0) is 29.4. The number of hydrogen-bond donors (Lipinski definition) is 2. The molecule has 2 atom stereocenters. The smallest absolute Gasteiger partial charge is 0.379 e. The number of carbonyl (C=O) groups is 1. The molecule has 0 aliphatic carbocycles. The Morgan fingerprint density at radius 1 is 1.24 bits per heavy atom. The van der Waals surface area contributed by atoms with Crippen molar-refractivity contribution >= 4 is 33.8 Å². The van der Waals surface area contributed by atoms with Crippen LogP contribution in [0.2, 0.25) is 0 Å². The monoisotopic (exact) mass is 595 g/mol. The summed E-state index contributed by atoms with van der Waals surface area (Å²) in [4.78, 5) is 18.3. The Labute approximate surface area is 236 Å². The van der Waals surface area contributed by atoms with Gasteiger partial charge in [-0.15, -0.1) is 11.3 Å². The number of rotatable bonds is 9. The van der Waals surface area contributed by atoms with E-state index in [1.54, 1.807) is 31.4 Å². The van der Waals surface area contributed by atoms with Crippen LogP contribution in [-0.2, 0) is 28.2 Å². The molecular formula is C27H29F4N5O4S. The molecule has 1 aromatic carbocycles. The minimum atomic E-state index is -4.54. The van der Waals surface area contributed by atoms with Gasteiger partial charge < -0.3 is 29.2 Å². The van der Waals surface area contributed by atoms with Crippen molar-refractivity contribution in [2.75, 3.05) is 25.6 Å². The number of anilines is 1. The van der Waals surface area contributed by atoms with Gasteiger partial charge in [0.1, 0.15) is 12.7 Å². The molecule has 41 heavy (non-hydrogen) atoms. The Hall–Kier alpha value is -3.49. The second-order valence-electron chi connectivity index (χ2n) is 10.2. The highest BCUT2D eigenvalue weighted by Crippen LogP contribution is 2.35. The van der Waals surface area contributed by atoms with Crippen LogP contribution in [0, 0.1) is 0 Å². The maximum absolute atomic E-state index is 14.4. The Morgan fingerprint density at radius 2 is 2.05 bits per heavy atom. The van der Waals surface area contributed by atoms with E-state index in [9.17, 15) is 22.4 Å². The second-order valence-corrected chi connectivity index (χ2v) is 11.3. The van der Waals surface area contributed by atoms with E-state index in [0.717, 1.165) is 9.44 Å². The van der Waals surface area contributed by atoms with Crippen molar-refractivity contribution in [3.8, 4) is 11.5 Å². The lowest BCUT2D eigenvalue weighted by molar-refractivity contribution is -0.139. The summed E-state index contributed by atoms with van der Waals surface area (Å²) in [6, 6.07) is 9.32. The maximum Gasteiger partial charge on any atom is 0.406 e. The van der Waals surface area contributed by atoms with Gasteiger partial charge >= 0.3 is 6.18 Å². The van der Waals surface area contributed by atoms with Crippen molar-refractivity contribution < 1.29 is 36.4 Å². The molecule has 0 bridgehead atoms. The molecule has 5 rings (SSSR count). The average Bonchev–Trinajstić information content (AvgIpc) is 3.68. The van der Waals surface area contributed by atoms with Crippen molar-refractivity contribution in [2.45, 2.75) is 57.3 Å². The number of benzene rings is 1. The number of aromatic nitrogens is 3. The maximum atomic E-state index is 14.4. The van der Waals surface area contributed by atoms with E-state index in [1.165, 1.54) is 17.4 Å². The van der Waals surface area contributed by atoms with Gasteiger partial charge in [-0.05, 0) is 50.6 Å². The number of halogens is 4. The van der Waals surface area contributed by atoms with E-state index in [0.29, 0.717) is 29.0 Å². The van der Waals surface area contributed by atoms with Gasteiger partial charge in [-0.25, -0.2) is 4.39 Å². The standard InChI is InChI=1S/C27H29F4N5O4S/c1-26(2,38-3)22-8-7-21(41-22)25(37)32-12-23-34-24(35-40-23)20-11-15-17(33-18-9-10-39-13-16(18)28)5-4-6-19(15)36(20)14-27(29,30)31/h4-8,11,16,18,33H,9-10,12-14H2,1-3H3,(H,32,37)/t16-,18+/m0/s1. The molecule has 0 radical (unpaired) electrons. The first kappa shape index (κ1) is 29.0. The second kappa shape index (κ2) is 11.4. The molecule has 4 heterocycles. The van der Waals surface area contributed by atoms with E-state index in [2.05, 4.69) is 20.8 Å². The van der Waals surface area contributed by atoms with E-state index >= 15 is 0 Å². The molecule has 14 heteroatoms. The number of fused-ring (bicyclic) bond motifs is 1. The van der Waals surface area contributed by atoms with E-state index in [1.807, 2.05) is 19.9 Å². The highest BCUT2D eigenvalue weighted by molar-refractivity contribution is 7.14. The summed E-state index contributed by atoms with van der Waals surface area (Å²) >= 11 is 1.28. The van der Waals surface area contributed by atoms with Crippen LogP contribution in [0.3, 0.4) is 0 Å². The zero-order valence-electron chi connectivity index (χ0n) is 22.5. The van der Waals surface area contributed by atoms with Crippen LogP contribution in [0.4, 0.5) is 23.2 Å². The minimum absolute atomic E-state index is 0.0204. The summed E-state index contributed by atoms with van der Waals surface area (Å²) in [5.74, 6) is -0.420.